The van der Waals surface area contributed by atoms with Gasteiger partial charge >= 0.3 is 0 Å². The zero-order chi connectivity index (χ0) is 24.9. The molecule has 0 fully saturated rings. The maximum atomic E-state index is 14.3. The minimum atomic E-state index is -1.38. The molecule has 0 amide bonds. The highest BCUT2D eigenvalue weighted by Gasteiger charge is 2.22. The smallest absolute Gasteiger partial charge is 0.255 e. The van der Waals surface area contributed by atoms with Crippen molar-refractivity contribution >= 4 is 22.5 Å². The minimum Gasteiger partial charge on any atom is -0.383 e. The van der Waals surface area contributed by atoms with Gasteiger partial charge in [0.15, 0.2) is 11.6 Å². The summed E-state index contributed by atoms with van der Waals surface area (Å²) >= 11 is 0. The second-order valence-electron chi connectivity index (χ2n) is 7.54. The summed E-state index contributed by atoms with van der Waals surface area (Å²) < 4.78 is 71.7. The van der Waals surface area contributed by atoms with Gasteiger partial charge in [-0.05, 0) is 36.4 Å². The van der Waals surface area contributed by atoms with Crippen molar-refractivity contribution in [2.24, 2.45) is 0 Å². The van der Waals surface area contributed by atoms with E-state index < -0.39 is 41.1 Å². The van der Waals surface area contributed by atoms with Gasteiger partial charge in [0, 0.05) is 35.3 Å². The Hall–Kier alpha value is -4.61. The number of pyridine rings is 1. The summed E-state index contributed by atoms with van der Waals surface area (Å²) in [6.45, 7) is 0. The van der Waals surface area contributed by atoms with E-state index in [1.807, 2.05) is 0 Å². The number of fused-ring (bicyclic) bond motifs is 1. The van der Waals surface area contributed by atoms with Gasteiger partial charge in [0.25, 0.3) is 5.95 Å². The molecule has 5 rings (SSSR count). The van der Waals surface area contributed by atoms with E-state index in [0.29, 0.717) is 6.07 Å². The van der Waals surface area contributed by atoms with Gasteiger partial charge in [-0.1, -0.05) is 0 Å². The Labute approximate surface area is 193 Å². The SMILES string of the molecule is Nc1nc(-n2nc(Cc3c(F)ccc(F)c3F)c3cc(F)ccc32)nc(N)c1-c1cnccc1F. The average Bonchev–Trinajstić information content (AvgIpc) is 3.17. The zero-order valence-electron chi connectivity index (χ0n) is 17.6. The van der Waals surface area contributed by atoms with Crippen molar-refractivity contribution in [1.29, 1.82) is 0 Å². The second kappa shape index (κ2) is 8.31. The van der Waals surface area contributed by atoms with Crippen molar-refractivity contribution in [2.75, 3.05) is 11.5 Å². The van der Waals surface area contributed by atoms with E-state index >= 15 is 0 Å². The summed E-state index contributed by atoms with van der Waals surface area (Å²) in [4.78, 5) is 12.2. The molecule has 0 spiro atoms. The van der Waals surface area contributed by atoms with Crippen LogP contribution in [0.4, 0.5) is 33.6 Å². The van der Waals surface area contributed by atoms with Crippen molar-refractivity contribution in [3.05, 3.63) is 89.1 Å². The number of halogens is 5. The van der Waals surface area contributed by atoms with Crippen LogP contribution in [0.15, 0.2) is 48.8 Å². The quantitative estimate of drug-likeness (QED) is 0.291. The number of nitrogens with two attached hydrogens (primary N) is 2. The fourth-order valence-corrected chi connectivity index (χ4v) is 3.75. The van der Waals surface area contributed by atoms with E-state index in [9.17, 15) is 22.0 Å². The van der Waals surface area contributed by atoms with Crippen LogP contribution in [0.3, 0.4) is 0 Å². The molecule has 0 saturated heterocycles. The third-order valence-electron chi connectivity index (χ3n) is 5.38. The molecule has 0 radical (unpaired) electrons. The molecule has 0 unspecified atom stereocenters. The molecular weight excluding hydrogens is 469 g/mol. The van der Waals surface area contributed by atoms with Gasteiger partial charge < -0.3 is 11.5 Å². The molecule has 176 valence electrons. The van der Waals surface area contributed by atoms with E-state index in [0.717, 1.165) is 28.9 Å². The molecule has 0 saturated carbocycles. The van der Waals surface area contributed by atoms with Crippen molar-refractivity contribution in [2.45, 2.75) is 6.42 Å². The third kappa shape index (κ3) is 3.78. The standard InChI is InChI=1S/C23H14F5N7/c24-10-1-4-18-12(7-10)17(8-11-14(25)2-3-16(27)20(11)28)34-35(18)23-32-21(29)19(22(30)33-23)13-9-31-6-5-15(13)26/h1-7,9H,8H2,(H4,29,30,32,33). The molecule has 4 N–H and O–H groups in total. The van der Waals surface area contributed by atoms with Gasteiger partial charge in [0.1, 0.15) is 29.1 Å². The Bertz CT molecular complexity index is 1590. The van der Waals surface area contributed by atoms with E-state index in [-0.39, 0.29) is 45.3 Å². The van der Waals surface area contributed by atoms with Crippen LogP contribution in [0.1, 0.15) is 11.3 Å². The third-order valence-corrected chi connectivity index (χ3v) is 5.38. The number of hydrogen-bond donors (Lipinski definition) is 2. The van der Waals surface area contributed by atoms with E-state index in [1.165, 1.54) is 18.5 Å². The molecule has 0 bridgehead atoms. The molecule has 3 aromatic heterocycles. The van der Waals surface area contributed by atoms with Gasteiger partial charge in [0.2, 0.25) is 0 Å². The fourth-order valence-electron chi connectivity index (χ4n) is 3.75. The summed E-state index contributed by atoms with van der Waals surface area (Å²) in [6.07, 6.45) is 1.97. The van der Waals surface area contributed by atoms with Crippen LogP contribution >= 0.6 is 0 Å². The monoisotopic (exact) mass is 483 g/mol. The van der Waals surface area contributed by atoms with Crippen LogP contribution in [-0.2, 0) is 6.42 Å². The van der Waals surface area contributed by atoms with Gasteiger partial charge in [-0.25, -0.2) is 22.0 Å². The van der Waals surface area contributed by atoms with Gasteiger partial charge in [-0.3, -0.25) is 4.98 Å². The second-order valence-corrected chi connectivity index (χ2v) is 7.54. The topological polar surface area (TPSA) is 109 Å². The number of nitrogens with zero attached hydrogens (tertiary/aromatic N) is 5. The lowest BCUT2D eigenvalue weighted by molar-refractivity contribution is 0.482. The number of benzene rings is 2. The highest BCUT2D eigenvalue weighted by molar-refractivity contribution is 5.85. The van der Waals surface area contributed by atoms with Gasteiger partial charge in [-0.2, -0.15) is 19.7 Å². The number of hydrogen-bond acceptors (Lipinski definition) is 6. The summed E-state index contributed by atoms with van der Waals surface area (Å²) in [7, 11) is 0. The first-order valence-corrected chi connectivity index (χ1v) is 10.1. The number of rotatable bonds is 4. The number of anilines is 2. The highest BCUT2D eigenvalue weighted by atomic mass is 19.2. The predicted molar refractivity (Wildman–Crippen MR) is 118 cm³/mol. The molecular formula is C23H14F5N7. The van der Waals surface area contributed by atoms with Crippen LogP contribution in [-0.4, -0.2) is 24.7 Å². The molecule has 5 aromatic rings. The maximum absolute atomic E-state index is 14.3. The summed E-state index contributed by atoms with van der Waals surface area (Å²) in [5.41, 5.74) is 11.8. The predicted octanol–water partition coefficient (Wildman–Crippen LogP) is 4.33. The van der Waals surface area contributed by atoms with Crippen molar-refractivity contribution in [3.8, 4) is 17.1 Å². The first kappa shape index (κ1) is 22.2. The fraction of sp³-hybridized carbons (Fsp3) is 0.0435. The highest BCUT2D eigenvalue weighted by Crippen LogP contribution is 2.33. The molecule has 35 heavy (non-hydrogen) atoms. The Morgan fingerprint density at radius 2 is 1.54 bits per heavy atom. The van der Waals surface area contributed by atoms with Crippen molar-refractivity contribution in [3.63, 3.8) is 0 Å². The van der Waals surface area contributed by atoms with Crippen LogP contribution in [0.2, 0.25) is 0 Å². The van der Waals surface area contributed by atoms with Crippen LogP contribution in [0, 0.1) is 29.1 Å². The Morgan fingerprint density at radius 3 is 2.26 bits per heavy atom. The lowest BCUT2D eigenvalue weighted by atomic mass is 10.1. The Balaban J connectivity index is 1.68. The first-order chi connectivity index (χ1) is 16.7. The zero-order valence-corrected chi connectivity index (χ0v) is 17.6. The summed E-state index contributed by atoms with van der Waals surface area (Å²) in [5, 5.41) is 4.46. The van der Waals surface area contributed by atoms with Crippen molar-refractivity contribution < 1.29 is 22.0 Å². The maximum Gasteiger partial charge on any atom is 0.255 e. The average molecular weight is 483 g/mol. The largest absolute Gasteiger partial charge is 0.383 e. The first-order valence-electron chi connectivity index (χ1n) is 10.1. The van der Waals surface area contributed by atoms with Crippen LogP contribution < -0.4 is 11.5 Å². The lowest BCUT2D eigenvalue weighted by Gasteiger charge is -2.11. The molecule has 3 heterocycles. The lowest BCUT2D eigenvalue weighted by Crippen LogP contribution is -2.11. The van der Waals surface area contributed by atoms with Crippen LogP contribution in [0.25, 0.3) is 28.0 Å². The molecule has 0 aliphatic heterocycles. The van der Waals surface area contributed by atoms with E-state index in [1.54, 1.807) is 0 Å². The van der Waals surface area contributed by atoms with Crippen LogP contribution in [0.5, 0.6) is 0 Å². The summed E-state index contributed by atoms with van der Waals surface area (Å²) in [5.74, 6) is -5.42. The van der Waals surface area contributed by atoms with E-state index in [2.05, 4.69) is 20.1 Å². The molecule has 0 aliphatic rings. The normalized spacial score (nSPS) is 11.3. The minimum absolute atomic E-state index is 0.0146. The summed E-state index contributed by atoms with van der Waals surface area (Å²) in [6, 6.07) is 6.17. The molecule has 0 atom stereocenters. The number of aromatic nitrogens is 5. The van der Waals surface area contributed by atoms with Gasteiger partial charge in [0.05, 0.1) is 16.8 Å². The van der Waals surface area contributed by atoms with Gasteiger partial charge in [-0.15, -0.1) is 0 Å². The molecule has 12 heteroatoms. The number of nitrogen functional groups attached to an aromatic ring is 2. The molecule has 2 aromatic carbocycles. The molecule has 0 aliphatic carbocycles. The Kier molecular flexibility index (Phi) is 5.27. The van der Waals surface area contributed by atoms with Crippen molar-refractivity contribution in [1.82, 2.24) is 24.7 Å². The Morgan fingerprint density at radius 1 is 0.829 bits per heavy atom. The molecule has 7 nitrogen and oxygen atoms in total. The van der Waals surface area contributed by atoms with E-state index in [4.69, 9.17) is 11.5 Å².